The first-order chi connectivity index (χ1) is 9.76. The molecule has 2 aromatic carbocycles. The lowest BCUT2D eigenvalue weighted by molar-refractivity contribution is 0.870. The highest BCUT2D eigenvalue weighted by atomic mass is 32.1. The van der Waals surface area contributed by atoms with Crippen LogP contribution in [-0.4, -0.2) is 4.98 Å². The van der Waals surface area contributed by atoms with Crippen molar-refractivity contribution in [3.63, 3.8) is 0 Å². The third-order valence-corrected chi connectivity index (χ3v) is 4.75. The minimum Gasteiger partial charge on any atom is -0.376 e. The first-order valence-corrected chi connectivity index (χ1v) is 7.78. The van der Waals surface area contributed by atoms with Gasteiger partial charge in [0.1, 0.15) is 5.01 Å². The molecule has 3 heteroatoms. The van der Waals surface area contributed by atoms with Gasteiger partial charge in [0.2, 0.25) is 0 Å². The number of hydrogen-bond acceptors (Lipinski definition) is 3. The molecule has 0 aliphatic rings. The SMILES string of the molecule is CCc1cnc(C(C)Nc2ccc3ccccc3c2)s1. The molecule has 1 N–H and O–H groups in total. The van der Waals surface area contributed by atoms with Crippen molar-refractivity contribution in [2.75, 3.05) is 5.32 Å². The smallest absolute Gasteiger partial charge is 0.115 e. The highest BCUT2D eigenvalue weighted by Crippen LogP contribution is 2.26. The van der Waals surface area contributed by atoms with Gasteiger partial charge in [0.05, 0.1) is 6.04 Å². The normalized spacial score (nSPS) is 12.5. The van der Waals surface area contributed by atoms with Crippen molar-refractivity contribution >= 4 is 27.8 Å². The predicted molar refractivity (Wildman–Crippen MR) is 87.5 cm³/mol. The lowest BCUT2D eigenvalue weighted by Crippen LogP contribution is -2.05. The van der Waals surface area contributed by atoms with E-state index in [0.717, 1.165) is 17.1 Å². The Morgan fingerprint density at radius 3 is 2.70 bits per heavy atom. The highest BCUT2D eigenvalue weighted by Gasteiger charge is 2.10. The van der Waals surface area contributed by atoms with Crippen molar-refractivity contribution < 1.29 is 0 Å². The summed E-state index contributed by atoms with van der Waals surface area (Å²) in [6.07, 6.45) is 3.04. The number of thiazole rings is 1. The van der Waals surface area contributed by atoms with Gasteiger partial charge in [-0.15, -0.1) is 11.3 Å². The molecule has 0 fully saturated rings. The van der Waals surface area contributed by atoms with E-state index in [4.69, 9.17) is 0 Å². The molecule has 2 nitrogen and oxygen atoms in total. The van der Waals surface area contributed by atoms with Crippen LogP contribution in [0.15, 0.2) is 48.7 Å². The molecule has 1 aromatic heterocycles. The minimum absolute atomic E-state index is 0.237. The van der Waals surface area contributed by atoms with Crippen molar-refractivity contribution in [3.05, 3.63) is 58.5 Å². The molecule has 1 heterocycles. The van der Waals surface area contributed by atoms with E-state index >= 15 is 0 Å². The maximum Gasteiger partial charge on any atom is 0.115 e. The van der Waals surface area contributed by atoms with Crippen LogP contribution >= 0.6 is 11.3 Å². The minimum atomic E-state index is 0.237. The third-order valence-electron chi connectivity index (χ3n) is 3.42. The van der Waals surface area contributed by atoms with Gasteiger partial charge in [-0.2, -0.15) is 0 Å². The standard InChI is InChI=1S/C17H18N2S/c1-3-16-11-18-17(20-16)12(2)19-15-9-8-13-6-4-5-7-14(13)10-15/h4-12,19H,3H2,1-2H3. The van der Waals surface area contributed by atoms with E-state index in [-0.39, 0.29) is 6.04 Å². The summed E-state index contributed by atoms with van der Waals surface area (Å²) >= 11 is 1.79. The zero-order chi connectivity index (χ0) is 13.9. The molecule has 1 atom stereocenters. The Labute approximate surface area is 123 Å². The zero-order valence-electron chi connectivity index (χ0n) is 11.8. The average Bonchev–Trinajstić information content (AvgIpc) is 2.96. The molecule has 0 amide bonds. The largest absolute Gasteiger partial charge is 0.376 e. The van der Waals surface area contributed by atoms with Crippen LogP contribution in [0.2, 0.25) is 0 Å². The van der Waals surface area contributed by atoms with E-state index in [9.17, 15) is 0 Å². The van der Waals surface area contributed by atoms with Crippen LogP contribution in [0.5, 0.6) is 0 Å². The van der Waals surface area contributed by atoms with Gasteiger partial charge in [-0.1, -0.05) is 37.3 Å². The quantitative estimate of drug-likeness (QED) is 0.725. The number of aryl methyl sites for hydroxylation is 1. The molecule has 0 spiro atoms. The summed E-state index contributed by atoms with van der Waals surface area (Å²) in [5.41, 5.74) is 1.14. The van der Waals surface area contributed by atoms with Crippen LogP contribution in [0.1, 0.15) is 29.8 Å². The fourth-order valence-corrected chi connectivity index (χ4v) is 3.14. The number of nitrogens with zero attached hydrogens (tertiary/aromatic N) is 1. The predicted octanol–water partition coefficient (Wildman–Crippen LogP) is 5.03. The summed E-state index contributed by atoms with van der Waals surface area (Å²) in [7, 11) is 0. The van der Waals surface area contributed by atoms with E-state index in [0.29, 0.717) is 0 Å². The van der Waals surface area contributed by atoms with Crippen molar-refractivity contribution in [1.29, 1.82) is 0 Å². The zero-order valence-corrected chi connectivity index (χ0v) is 12.6. The van der Waals surface area contributed by atoms with Crippen LogP contribution in [-0.2, 0) is 6.42 Å². The third kappa shape index (κ3) is 2.68. The highest BCUT2D eigenvalue weighted by molar-refractivity contribution is 7.11. The Hall–Kier alpha value is -1.87. The molecule has 0 bridgehead atoms. The summed E-state index contributed by atoms with van der Waals surface area (Å²) in [5.74, 6) is 0. The molecule has 0 saturated heterocycles. The summed E-state index contributed by atoms with van der Waals surface area (Å²) < 4.78 is 0. The summed E-state index contributed by atoms with van der Waals surface area (Å²) in [6, 6.07) is 15.1. The fourth-order valence-electron chi connectivity index (χ4n) is 2.28. The molecule has 3 rings (SSSR count). The van der Waals surface area contributed by atoms with Gasteiger partial charge in [0.15, 0.2) is 0 Å². The van der Waals surface area contributed by atoms with Crippen molar-refractivity contribution in [3.8, 4) is 0 Å². The molecule has 0 aliphatic carbocycles. The van der Waals surface area contributed by atoms with Crippen molar-refractivity contribution in [1.82, 2.24) is 4.98 Å². The van der Waals surface area contributed by atoms with Gasteiger partial charge < -0.3 is 5.32 Å². The number of aromatic nitrogens is 1. The van der Waals surface area contributed by atoms with E-state index in [1.54, 1.807) is 11.3 Å². The van der Waals surface area contributed by atoms with Gasteiger partial charge in [-0.25, -0.2) is 4.98 Å². The van der Waals surface area contributed by atoms with Gasteiger partial charge in [0, 0.05) is 16.8 Å². The number of nitrogens with one attached hydrogen (secondary N) is 1. The lowest BCUT2D eigenvalue weighted by atomic mass is 10.1. The van der Waals surface area contributed by atoms with E-state index < -0.39 is 0 Å². The van der Waals surface area contributed by atoms with Crippen LogP contribution < -0.4 is 5.32 Å². The van der Waals surface area contributed by atoms with Crippen LogP contribution in [0.25, 0.3) is 10.8 Å². The maximum absolute atomic E-state index is 4.50. The van der Waals surface area contributed by atoms with Gasteiger partial charge in [-0.3, -0.25) is 0 Å². The molecule has 0 aliphatic heterocycles. The fraction of sp³-hybridized carbons (Fsp3) is 0.235. The van der Waals surface area contributed by atoms with Gasteiger partial charge >= 0.3 is 0 Å². The first-order valence-electron chi connectivity index (χ1n) is 6.96. The Kier molecular flexibility index (Phi) is 3.70. The van der Waals surface area contributed by atoms with E-state index in [1.807, 2.05) is 6.20 Å². The van der Waals surface area contributed by atoms with Crippen LogP contribution in [0.3, 0.4) is 0 Å². The second-order valence-electron chi connectivity index (χ2n) is 4.95. The van der Waals surface area contributed by atoms with Crippen molar-refractivity contribution in [2.24, 2.45) is 0 Å². The number of fused-ring (bicyclic) bond motifs is 1. The Morgan fingerprint density at radius 2 is 1.95 bits per heavy atom. The molecular weight excluding hydrogens is 264 g/mol. The maximum atomic E-state index is 4.50. The molecule has 102 valence electrons. The Morgan fingerprint density at radius 1 is 1.15 bits per heavy atom. The Balaban J connectivity index is 1.81. The molecule has 0 saturated carbocycles. The van der Waals surface area contributed by atoms with Crippen LogP contribution in [0.4, 0.5) is 5.69 Å². The second kappa shape index (κ2) is 5.63. The molecule has 0 radical (unpaired) electrons. The first kappa shape index (κ1) is 13.1. The molecule has 20 heavy (non-hydrogen) atoms. The van der Waals surface area contributed by atoms with Crippen LogP contribution in [0, 0.1) is 0 Å². The summed E-state index contributed by atoms with van der Waals surface area (Å²) in [4.78, 5) is 5.84. The number of hydrogen-bond donors (Lipinski definition) is 1. The van der Waals surface area contributed by atoms with E-state index in [2.05, 4.69) is 66.6 Å². The Bertz CT molecular complexity index is 718. The average molecular weight is 282 g/mol. The van der Waals surface area contributed by atoms with E-state index in [1.165, 1.54) is 15.6 Å². The van der Waals surface area contributed by atoms with Gasteiger partial charge in [-0.05, 0) is 36.2 Å². The summed E-state index contributed by atoms with van der Waals surface area (Å²) in [6.45, 7) is 4.33. The summed E-state index contributed by atoms with van der Waals surface area (Å²) in [5, 5.41) is 7.22. The molecular formula is C17H18N2S. The molecule has 1 unspecified atom stereocenters. The number of rotatable bonds is 4. The lowest BCUT2D eigenvalue weighted by Gasteiger charge is -2.13. The number of benzene rings is 2. The topological polar surface area (TPSA) is 24.9 Å². The second-order valence-corrected chi connectivity index (χ2v) is 6.09. The van der Waals surface area contributed by atoms with Crippen molar-refractivity contribution in [2.45, 2.75) is 26.3 Å². The monoisotopic (exact) mass is 282 g/mol. The number of anilines is 1. The van der Waals surface area contributed by atoms with Gasteiger partial charge in [0.25, 0.3) is 0 Å². The molecule has 3 aromatic rings.